The van der Waals surface area contributed by atoms with Crippen molar-refractivity contribution < 1.29 is 9.59 Å². The SMILES string of the molecule is CC(C)c1ncc(NC2CCC(=O)NC2=O)nc1Cl. The third-order valence-electron chi connectivity index (χ3n) is 2.86. The molecule has 0 aliphatic carbocycles. The second-order valence-electron chi connectivity index (χ2n) is 4.73. The van der Waals surface area contributed by atoms with Gasteiger partial charge in [0.2, 0.25) is 11.8 Å². The van der Waals surface area contributed by atoms with Crippen molar-refractivity contribution in [2.45, 2.75) is 38.6 Å². The van der Waals surface area contributed by atoms with E-state index in [1.54, 1.807) is 6.20 Å². The van der Waals surface area contributed by atoms with E-state index in [0.717, 1.165) is 5.69 Å². The van der Waals surface area contributed by atoms with E-state index >= 15 is 0 Å². The smallest absolute Gasteiger partial charge is 0.249 e. The van der Waals surface area contributed by atoms with Crippen LogP contribution in [0, 0.1) is 0 Å². The van der Waals surface area contributed by atoms with Crippen LogP contribution in [0.1, 0.15) is 38.3 Å². The molecule has 1 aromatic heterocycles. The summed E-state index contributed by atoms with van der Waals surface area (Å²) < 4.78 is 0. The van der Waals surface area contributed by atoms with Crippen molar-refractivity contribution in [2.24, 2.45) is 0 Å². The number of piperidine rings is 1. The van der Waals surface area contributed by atoms with Crippen LogP contribution in [-0.4, -0.2) is 27.8 Å². The summed E-state index contributed by atoms with van der Waals surface area (Å²) in [5.74, 6) is 0.0259. The maximum absolute atomic E-state index is 11.6. The molecule has 0 bridgehead atoms. The summed E-state index contributed by atoms with van der Waals surface area (Å²) in [5, 5.41) is 5.53. The number of hydrogen-bond donors (Lipinski definition) is 2. The van der Waals surface area contributed by atoms with Gasteiger partial charge in [-0.05, 0) is 12.3 Å². The minimum Gasteiger partial charge on any atom is -0.357 e. The first-order valence-corrected chi connectivity index (χ1v) is 6.48. The second kappa shape index (κ2) is 5.52. The van der Waals surface area contributed by atoms with Crippen LogP contribution in [0.15, 0.2) is 6.20 Å². The Hall–Kier alpha value is -1.69. The van der Waals surface area contributed by atoms with Crippen molar-refractivity contribution in [3.8, 4) is 0 Å². The fraction of sp³-hybridized carbons (Fsp3) is 0.500. The molecule has 2 heterocycles. The van der Waals surface area contributed by atoms with Gasteiger partial charge in [0.15, 0.2) is 5.15 Å². The van der Waals surface area contributed by atoms with Crippen LogP contribution in [0.5, 0.6) is 0 Å². The largest absolute Gasteiger partial charge is 0.357 e. The Morgan fingerprint density at radius 3 is 2.79 bits per heavy atom. The Kier molecular flexibility index (Phi) is 3.99. The molecule has 19 heavy (non-hydrogen) atoms. The fourth-order valence-corrected chi connectivity index (χ4v) is 2.20. The van der Waals surface area contributed by atoms with E-state index in [2.05, 4.69) is 20.6 Å². The lowest BCUT2D eigenvalue weighted by Gasteiger charge is -2.22. The van der Waals surface area contributed by atoms with Crippen LogP contribution < -0.4 is 10.6 Å². The van der Waals surface area contributed by atoms with Crippen molar-refractivity contribution >= 4 is 29.2 Å². The normalized spacial score (nSPS) is 19.5. The molecular weight excluding hydrogens is 268 g/mol. The van der Waals surface area contributed by atoms with E-state index in [-0.39, 0.29) is 17.7 Å². The molecule has 1 unspecified atom stereocenters. The molecule has 0 radical (unpaired) electrons. The van der Waals surface area contributed by atoms with Gasteiger partial charge in [0, 0.05) is 6.42 Å². The molecule has 6 nitrogen and oxygen atoms in total. The predicted molar refractivity (Wildman–Crippen MR) is 70.9 cm³/mol. The van der Waals surface area contributed by atoms with E-state index < -0.39 is 6.04 Å². The third-order valence-corrected chi connectivity index (χ3v) is 3.14. The molecule has 7 heteroatoms. The number of halogens is 1. The van der Waals surface area contributed by atoms with Crippen molar-refractivity contribution in [1.29, 1.82) is 0 Å². The minimum atomic E-state index is -0.479. The van der Waals surface area contributed by atoms with E-state index in [1.165, 1.54) is 0 Å². The van der Waals surface area contributed by atoms with Crippen molar-refractivity contribution in [3.63, 3.8) is 0 Å². The van der Waals surface area contributed by atoms with Crippen molar-refractivity contribution in [2.75, 3.05) is 5.32 Å². The van der Waals surface area contributed by atoms with Crippen molar-refractivity contribution in [1.82, 2.24) is 15.3 Å². The fourth-order valence-electron chi connectivity index (χ4n) is 1.84. The van der Waals surface area contributed by atoms with Gasteiger partial charge in [0.1, 0.15) is 11.9 Å². The number of aromatic nitrogens is 2. The van der Waals surface area contributed by atoms with Crippen LogP contribution in [-0.2, 0) is 9.59 Å². The topological polar surface area (TPSA) is 84.0 Å². The van der Waals surface area contributed by atoms with Crippen LogP contribution in [0.2, 0.25) is 5.15 Å². The van der Waals surface area contributed by atoms with Gasteiger partial charge in [-0.1, -0.05) is 25.4 Å². The number of anilines is 1. The maximum atomic E-state index is 11.6. The van der Waals surface area contributed by atoms with Gasteiger partial charge in [-0.3, -0.25) is 19.9 Å². The third kappa shape index (κ3) is 3.20. The highest BCUT2D eigenvalue weighted by molar-refractivity contribution is 6.30. The average molecular weight is 283 g/mol. The summed E-state index contributed by atoms with van der Waals surface area (Å²) in [5.41, 5.74) is 0.718. The van der Waals surface area contributed by atoms with Gasteiger partial charge >= 0.3 is 0 Å². The molecule has 2 amide bonds. The molecule has 1 aliphatic rings. The zero-order chi connectivity index (χ0) is 14.0. The number of rotatable bonds is 3. The zero-order valence-corrected chi connectivity index (χ0v) is 11.5. The monoisotopic (exact) mass is 282 g/mol. The molecule has 102 valence electrons. The second-order valence-corrected chi connectivity index (χ2v) is 5.09. The number of carbonyl (C=O) groups is 2. The zero-order valence-electron chi connectivity index (χ0n) is 10.7. The Morgan fingerprint density at radius 1 is 1.47 bits per heavy atom. The van der Waals surface area contributed by atoms with Gasteiger partial charge in [0.05, 0.1) is 11.9 Å². The summed E-state index contributed by atoms with van der Waals surface area (Å²) in [7, 11) is 0. The predicted octanol–water partition coefficient (Wildman–Crippen LogP) is 1.47. The molecule has 0 saturated carbocycles. The van der Waals surface area contributed by atoms with E-state index in [9.17, 15) is 9.59 Å². The van der Waals surface area contributed by atoms with Gasteiger partial charge in [-0.2, -0.15) is 0 Å². The van der Waals surface area contributed by atoms with E-state index in [0.29, 0.717) is 23.8 Å². The molecule has 1 aromatic rings. The molecule has 1 saturated heterocycles. The summed E-state index contributed by atoms with van der Waals surface area (Å²) in [6.07, 6.45) is 2.30. The lowest BCUT2D eigenvalue weighted by atomic mass is 10.1. The van der Waals surface area contributed by atoms with Crippen LogP contribution in [0.25, 0.3) is 0 Å². The number of imide groups is 1. The lowest BCUT2D eigenvalue weighted by Crippen LogP contribution is -2.47. The Labute approximate surface area is 116 Å². The van der Waals surface area contributed by atoms with Gasteiger partial charge in [0.25, 0.3) is 0 Å². The number of amides is 2. The highest BCUT2D eigenvalue weighted by Gasteiger charge is 2.26. The first kappa shape index (κ1) is 13.7. The molecule has 0 spiro atoms. The molecule has 1 aliphatic heterocycles. The molecular formula is C12H15ClN4O2. The first-order chi connectivity index (χ1) is 8.97. The van der Waals surface area contributed by atoms with Crippen LogP contribution in [0.3, 0.4) is 0 Å². The van der Waals surface area contributed by atoms with E-state index in [4.69, 9.17) is 11.6 Å². The summed E-state index contributed by atoms with van der Waals surface area (Å²) in [6, 6.07) is -0.479. The first-order valence-electron chi connectivity index (χ1n) is 6.10. The number of nitrogens with one attached hydrogen (secondary N) is 2. The standard InChI is InChI=1S/C12H15ClN4O2/c1-6(2)10-11(13)16-8(5-14-10)15-7-3-4-9(18)17-12(7)19/h5-7H,3-4H2,1-2H3,(H,15,16)(H,17,18,19). The number of hydrogen-bond acceptors (Lipinski definition) is 5. The highest BCUT2D eigenvalue weighted by atomic mass is 35.5. The van der Waals surface area contributed by atoms with Gasteiger partial charge < -0.3 is 5.32 Å². The summed E-state index contributed by atoms with van der Waals surface area (Å²) >= 11 is 6.03. The summed E-state index contributed by atoms with van der Waals surface area (Å²) in [4.78, 5) is 31.0. The molecule has 2 N–H and O–H groups in total. The van der Waals surface area contributed by atoms with E-state index in [1.807, 2.05) is 13.8 Å². The minimum absolute atomic E-state index is 0.185. The van der Waals surface area contributed by atoms with Crippen LogP contribution in [0.4, 0.5) is 5.82 Å². The molecule has 1 atom stereocenters. The Bertz CT molecular complexity index is 518. The number of carbonyl (C=O) groups excluding carboxylic acids is 2. The Balaban J connectivity index is 2.09. The maximum Gasteiger partial charge on any atom is 0.249 e. The molecule has 0 aromatic carbocycles. The highest BCUT2D eigenvalue weighted by Crippen LogP contribution is 2.22. The Morgan fingerprint density at radius 2 is 2.21 bits per heavy atom. The average Bonchev–Trinajstić information content (AvgIpc) is 2.32. The quantitative estimate of drug-likeness (QED) is 0.820. The van der Waals surface area contributed by atoms with Crippen molar-refractivity contribution in [3.05, 3.63) is 17.0 Å². The molecule has 1 fully saturated rings. The lowest BCUT2D eigenvalue weighted by molar-refractivity contribution is -0.133. The summed E-state index contributed by atoms with van der Waals surface area (Å²) in [6.45, 7) is 3.95. The van der Waals surface area contributed by atoms with Gasteiger partial charge in [-0.25, -0.2) is 4.98 Å². The van der Waals surface area contributed by atoms with Crippen LogP contribution >= 0.6 is 11.6 Å². The van der Waals surface area contributed by atoms with Gasteiger partial charge in [-0.15, -0.1) is 0 Å². The number of nitrogens with zero attached hydrogens (tertiary/aromatic N) is 2. The molecule has 2 rings (SSSR count).